The van der Waals surface area contributed by atoms with Crippen molar-refractivity contribution in [2.24, 2.45) is 0 Å². The molecule has 0 aliphatic rings. The molecular weight excluding hydrogens is 247 g/mol. The zero-order valence-electron chi connectivity index (χ0n) is 10.8. The van der Waals surface area contributed by atoms with Crippen LogP contribution in [0.3, 0.4) is 0 Å². The molecule has 3 heteroatoms. The van der Waals surface area contributed by atoms with Gasteiger partial charge < -0.3 is 5.11 Å². The van der Waals surface area contributed by atoms with Gasteiger partial charge in [-0.3, -0.25) is 0 Å². The fourth-order valence-corrected chi connectivity index (χ4v) is 2.82. The summed E-state index contributed by atoms with van der Waals surface area (Å²) in [7, 11) is 0. The van der Waals surface area contributed by atoms with Crippen molar-refractivity contribution in [1.82, 2.24) is 0 Å². The van der Waals surface area contributed by atoms with Crippen LogP contribution in [0.4, 0.5) is 4.39 Å². The first-order valence-corrected chi connectivity index (χ1v) is 6.73. The van der Waals surface area contributed by atoms with E-state index in [-0.39, 0.29) is 11.2 Å². The number of rotatable bonds is 2. The monoisotopic (exact) mass is 264 g/mol. The predicted octanol–water partition coefficient (Wildman–Crippen LogP) is 4.27. The highest BCUT2D eigenvalue weighted by Gasteiger charge is 2.19. The zero-order chi connectivity index (χ0) is 13.3. The summed E-state index contributed by atoms with van der Waals surface area (Å²) in [5.74, 6) is -0.320. The van der Waals surface area contributed by atoms with E-state index < -0.39 is 6.10 Å². The Morgan fingerprint density at radius 1 is 1.17 bits per heavy atom. The van der Waals surface area contributed by atoms with Crippen LogP contribution in [0.2, 0.25) is 0 Å². The molecule has 1 unspecified atom stereocenters. The van der Waals surface area contributed by atoms with Crippen molar-refractivity contribution in [3.8, 4) is 0 Å². The van der Waals surface area contributed by atoms with E-state index in [4.69, 9.17) is 0 Å². The molecule has 1 nitrogen and oxygen atoms in total. The highest BCUT2D eigenvalue weighted by Crippen LogP contribution is 2.34. The van der Waals surface area contributed by atoms with E-state index in [1.54, 1.807) is 23.5 Å². The molecule has 0 aliphatic carbocycles. The van der Waals surface area contributed by atoms with Gasteiger partial charge in [-0.1, -0.05) is 32.9 Å². The Morgan fingerprint density at radius 2 is 1.89 bits per heavy atom. The summed E-state index contributed by atoms with van der Waals surface area (Å²) in [4.78, 5) is 2.07. The Balaban J connectivity index is 2.29. The minimum Gasteiger partial charge on any atom is -0.383 e. The lowest BCUT2D eigenvalue weighted by Gasteiger charge is -2.15. The van der Waals surface area contributed by atoms with Gasteiger partial charge in [-0.2, -0.15) is 0 Å². The third-order valence-electron chi connectivity index (χ3n) is 2.80. The van der Waals surface area contributed by atoms with Crippen molar-refractivity contribution in [2.45, 2.75) is 32.3 Å². The summed E-state index contributed by atoms with van der Waals surface area (Å²) in [5, 5.41) is 10.2. The van der Waals surface area contributed by atoms with Crippen LogP contribution >= 0.6 is 11.3 Å². The second kappa shape index (κ2) is 4.82. The molecule has 0 spiro atoms. The van der Waals surface area contributed by atoms with Gasteiger partial charge in [0, 0.05) is 9.75 Å². The van der Waals surface area contributed by atoms with E-state index in [1.807, 2.05) is 12.1 Å². The quantitative estimate of drug-likeness (QED) is 0.859. The van der Waals surface area contributed by atoms with Crippen LogP contribution in [0.5, 0.6) is 0 Å². The van der Waals surface area contributed by atoms with Crippen LogP contribution in [0.15, 0.2) is 36.4 Å². The minimum atomic E-state index is -0.748. The molecule has 0 aliphatic heterocycles. The number of benzene rings is 1. The van der Waals surface area contributed by atoms with Gasteiger partial charge in [-0.25, -0.2) is 4.39 Å². The van der Waals surface area contributed by atoms with Crippen molar-refractivity contribution in [1.29, 1.82) is 0 Å². The van der Waals surface area contributed by atoms with Crippen LogP contribution in [-0.4, -0.2) is 5.11 Å². The van der Waals surface area contributed by atoms with Gasteiger partial charge in [0.25, 0.3) is 0 Å². The lowest BCUT2D eigenvalue weighted by molar-refractivity contribution is 0.223. The molecule has 0 radical (unpaired) electrons. The molecule has 0 fully saturated rings. The van der Waals surface area contributed by atoms with Crippen LogP contribution in [0.1, 0.15) is 42.2 Å². The smallest absolute Gasteiger partial charge is 0.123 e. The van der Waals surface area contributed by atoms with E-state index in [2.05, 4.69) is 20.8 Å². The number of aliphatic hydroxyl groups is 1. The Morgan fingerprint density at radius 3 is 2.44 bits per heavy atom. The summed E-state index contributed by atoms with van der Waals surface area (Å²) in [6.45, 7) is 6.41. The first-order chi connectivity index (χ1) is 8.38. The molecule has 1 heterocycles. The molecule has 0 amide bonds. The molecule has 2 rings (SSSR count). The Hall–Kier alpha value is -1.19. The van der Waals surface area contributed by atoms with Crippen molar-refractivity contribution in [3.05, 3.63) is 57.5 Å². The van der Waals surface area contributed by atoms with Crippen LogP contribution < -0.4 is 0 Å². The molecule has 0 saturated heterocycles. The maximum atomic E-state index is 13.1. The normalized spacial score (nSPS) is 13.6. The molecule has 1 aromatic heterocycles. The van der Waals surface area contributed by atoms with Gasteiger partial charge in [0.05, 0.1) is 0 Å². The van der Waals surface area contributed by atoms with Crippen LogP contribution in [0, 0.1) is 5.82 Å². The number of hydrogen-bond donors (Lipinski definition) is 1. The number of thiophene rings is 1. The number of aliphatic hydroxyl groups excluding tert-OH is 1. The molecule has 2 aromatic rings. The summed E-state index contributed by atoms with van der Waals surface area (Å²) < 4.78 is 13.1. The first kappa shape index (κ1) is 13.2. The Kier molecular flexibility index (Phi) is 3.55. The van der Waals surface area contributed by atoms with Gasteiger partial charge in [0.15, 0.2) is 0 Å². The van der Waals surface area contributed by atoms with Gasteiger partial charge in [-0.05, 0) is 35.2 Å². The lowest BCUT2D eigenvalue weighted by atomic mass is 9.95. The molecule has 96 valence electrons. The molecule has 1 N–H and O–H groups in total. The van der Waals surface area contributed by atoms with Crippen molar-refractivity contribution in [2.75, 3.05) is 0 Å². The summed E-state index contributed by atoms with van der Waals surface area (Å²) >= 11 is 1.58. The van der Waals surface area contributed by atoms with Crippen molar-refractivity contribution < 1.29 is 9.50 Å². The third kappa shape index (κ3) is 2.79. The fraction of sp³-hybridized carbons (Fsp3) is 0.333. The van der Waals surface area contributed by atoms with Gasteiger partial charge in [-0.15, -0.1) is 11.3 Å². The molecule has 18 heavy (non-hydrogen) atoms. The number of halogens is 1. The van der Waals surface area contributed by atoms with Crippen LogP contribution in [-0.2, 0) is 5.41 Å². The largest absolute Gasteiger partial charge is 0.383 e. The van der Waals surface area contributed by atoms with E-state index in [0.717, 1.165) is 4.88 Å². The average molecular weight is 264 g/mol. The van der Waals surface area contributed by atoms with Gasteiger partial charge in [0.2, 0.25) is 0 Å². The van der Waals surface area contributed by atoms with Gasteiger partial charge in [0.1, 0.15) is 11.9 Å². The Bertz CT molecular complexity index is 539. The van der Waals surface area contributed by atoms with E-state index >= 15 is 0 Å². The predicted molar refractivity (Wildman–Crippen MR) is 73.5 cm³/mol. The molecule has 0 bridgehead atoms. The molecular formula is C15H17FOS. The molecule has 0 saturated carbocycles. The highest BCUT2D eigenvalue weighted by molar-refractivity contribution is 7.12. The Labute approximate surface area is 111 Å². The van der Waals surface area contributed by atoms with E-state index in [9.17, 15) is 9.50 Å². The summed E-state index contributed by atoms with van der Waals surface area (Å²) in [6.07, 6.45) is -0.748. The maximum absolute atomic E-state index is 13.1. The van der Waals surface area contributed by atoms with E-state index in [0.29, 0.717) is 5.56 Å². The average Bonchev–Trinajstić information content (AvgIpc) is 2.77. The summed E-state index contributed by atoms with van der Waals surface area (Å²) in [5.41, 5.74) is 0.669. The molecule has 1 atom stereocenters. The molecule has 1 aromatic carbocycles. The third-order valence-corrected chi connectivity index (χ3v) is 4.36. The minimum absolute atomic E-state index is 0.0740. The fourth-order valence-electron chi connectivity index (χ4n) is 1.74. The zero-order valence-corrected chi connectivity index (χ0v) is 11.6. The maximum Gasteiger partial charge on any atom is 0.123 e. The lowest BCUT2D eigenvalue weighted by Crippen LogP contribution is -2.07. The van der Waals surface area contributed by atoms with Crippen molar-refractivity contribution >= 4 is 11.3 Å². The number of hydrogen-bond acceptors (Lipinski definition) is 2. The topological polar surface area (TPSA) is 20.2 Å². The first-order valence-electron chi connectivity index (χ1n) is 5.91. The standard InChI is InChI=1S/C15H17FOS/c1-15(2,3)13-8-7-12(18-13)14(17)10-5-4-6-11(16)9-10/h4-9,14,17H,1-3H3. The van der Waals surface area contributed by atoms with Crippen molar-refractivity contribution in [3.63, 3.8) is 0 Å². The summed E-state index contributed by atoms with van der Waals surface area (Å²) in [6, 6.07) is 10.1. The van der Waals surface area contributed by atoms with Crippen LogP contribution in [0.25, 0.3) is 0 Å². The second-order valence-corrected chi connectivity index (χ2v) is 6.52. The van der Waals surface area contributed by atoms with E-state index in [1.165, 1.54) is 17.0 Å². The highest BCUT2D eigenvalue weighted by atomic mass is 32.1. The van der Waals surface area contributed by atoms with Gasteiger partial charge >= 0.3 is 0 Å². The second-order valence-electron chi connectivity index (χ2n) is 5.41. The SMILES string of the molecule is CC(C)(C)c1ccc(C(O)c2cccc(F)c2)s1.